The fraction of sp³-hybridized carbons (Fsp3) is 0.333. The number of nitrogens with two attached hydrogens (primary N) is 1. The van der Waals surface area contributed by atoms with Crippen molar-refractivity contribution in [2.24, 2.45) is 5.73 Å². The Morgan fingerprint density at radius 1 is 1.36 bits per heavy atom. The van der Waals surface area contributed by atoms with E-state index in [1.54, 1.807) is 0 Å². The highest BCUT2D eigenvalue weighted by atomic mass is 16.3. The number of nitrogens with zero attached hydrogens (tertiary/aromatic N) is 3. The fourth-order valence-electron chi connectivity index (χ4n) is 1.49. The molecule has 0 atom stereocenters. The molecular weight excluding hydrogens is 180 g/mol. The largest absolute Gasteiger partial charge is 0.396 e. The predicted molar refractivity (Wildman–Crippen MR) is 51.7 cm³/mol. The Kier molecular flexibility index (Phi) is 2.43. The van der Waals surface area contributed by atoms with Gasteiger partial charge in [-0.3, -0.25) is 4.40 Å². The molecule has 0 saturated carbocycles. The zero-order valence-corrected chi connectivity index (χ0v) is 7.72. The maximum atomic E-state index is 8.85. The molecule has 2 aromatic heterocycles. The van der Waals surface area contributed by atoms with E-state index < -0.39 is 0 Å². The summed E-state index contributed by atoms with van der Waals surface area (Å²) >= 11 is 0. The van der Waals surface area contributed by atoms with Gasteiger partial charge in [0.25, 0.3) is 0 Å². The molecular formula is C9H12N4O. The topological polar surface area (TPSA) is 76.4 Å². The van der Waals surface area contributed by atoms with Crippen molar-refractivity contribution in [3.63, 3.8) is 0 Å². The Morgan fingerprint density at radius 2 is 2.21 bits per heavy atom. The van der Waals surface area contributed by atoms with E-state index in [1.165, 1.54) is 0 Å². The first-order chi connectivity index (χ1) is 6.86. The van der Waals surface area contributed by atoms with Crippen LogP contribution in [0.15, 0.2) is 18.2 Å². The van der Waals surface area contributed by atoms with Gasteiger partial charge >= 0.3 is 0 Å². The first-order valence-corrected chi connectivity index (χ1v) is 4.49. The van der Waals surface area contributed by atoms with Crippen LogP contribution in [0.25, 0.3) is 5.65 Å². The maximum absolute atomic E-state index is 8.85. The predicted octanol–water partition coefficient (Wildman–Crippen LogP) is -0.277. The monoisotopic (exact) mass is 192 g/mol. The van der Waals surface area contributed by atoms with Crippen LogP contribution in [0.2, 0.25) is 0 Å². The van der Waals surface area contributed by atoms with Crippen LogP contribution in [0, 0.1) is 0 Å². The maximum Gasteiger partial charge on any atom is 0.161 e. The lowest BCUT2D eigenvalue weighted by Crippen LogP contribution is -2.07. The number of pyridine rings is 1. The first-order valence-electron chi connectivity index (χ1n) is 4.49. The van der Waals surface area contributed by atoms with Gasteiger partial charge in [-0.1, -0.05) is 6.07 Å². The third kappa shape index (κ3) is 1.36. The van der Waals surface area contributed by atoms with Crippen LogP contribution in [0.5, 0.6) is 0 Å². The number of hydrogen-bond donors (Lipinski definition) is 2. The second-order valence-electron chi connectivity index (χ2n) is 3.00. The molecule has 5 heteroatoms. The molecule has 3 N–H and O–H groups in total. The summed E-state index contributed by atoms with van der Waals surface area (Å²) < 4.78 is 1.89. The van der Waals surface area contributed by atoms with Gasteiger partial charge in [0.2, 0.25) is 0 Å². The minimum absolute atomic E-state index is 0.0691. The molecule has 0 radical (unpaired) electrons. The van der Waals surface area contributed by atoms with Crippen LogP contribution in [0.4, 0.5) is 0 Å². The molecule has 0 fully saturated rings. The first kappa shape index (κ1) is 9.11. The van der Waals surface area contributed by atoms with Crippen molar-refractivity contribution in [1.82, 2.24) is 14.6 Å². The number of aliphatic hydroxyl groups is 1. The number of aromatic nitrogens is 3. The molecule has 5 nitrogen and oxygen atoms in total. The number of aliphatic hydroxyl groups excluding tert-OH is 1. The minimum atomic E-state index is 0.0691. The van der Waals surface area contributed by atoms with Crippen molar-refractivity contribution in [3.05, 3.63) is 29.7 Å². The highest BCUT2D eigenvalue weighted by Gasteiger charge is 2.06. The van der Waals surface area contributed by atoms with Gasteiger partial charge in [-0.25, -0.2) is 0 Å². The Morgan fingerprint density at radius 3 is 2.93 bits per heavy atom. The summed E-state index contributed by atoms with van der Waals surface area (Å²) in [4.78, 5) is 0. The Bertz CT molecular complexity index is 437. The van der Waals surface area contributed by atoms with E-state index in [2.05, 4.69) is 10.2 Å². The van der Waals surface area contributed by atoms with Gasteiger partial charge in [-0.15, -0.1) is 10.2 Å². The Labute approximate surface area is 81.2 Å². The Hall–Kier alpha value is -1.46. The summed E-state index contributed by atoms with van der Waals surface area (Å²) in [5, 5.41) is 16.8. The van der Waals surface area contributed by atoms with E-state index in [0.717, 1.165) is 17.2 Å². The third-order valence-corrected chi connectivity index (χ3v) is 2.12. The summed E-state index contributed by atoms with van der Waals surface area (Å²) in [6, 6.07) is 5.69. The van der Waals surface area contributed by atoms with Crippen molar-refractivity contribution in [2.45, 2.75) is 13.0 Å². The van der Waals surface area contributed by atoms with E-state index in [9.17, 15) is 0 Å². The second kappa shape index (κ2) is 3.73. The van der Waals surface area contributed by atoms with E-state index in [0.29, 0.717) is 13.0 Å². The van der Waals surface area contributed by atoms with Crippen molar-refractivity contribution >= 4 is 5.65 Å². The lowest BCUT2D eigenvalue weighted by molar-refractivity contribution is 0.296. The molecule has 2 rings (SSSR count). The quantitative estimate of drug-likeness (QED) is 0.701. The van der Waals surface area contributed by atoms with Crippen molar-refractivity contribution < 1.29 is 5.11 Å². The highest BCUT2D eigenvalue weighted by Crippen LogP contribution is 2.08. The number of fused-ring (bicyclic) bond motifs is 1. The fourth-order valence-corrected chi connectivity index (χ4v) is 1.49. The summed E-state index contributed by atoms with van der Waals surface area (Å²) in [5.74, 6) is 0.753. The van der Waals surface area contributed by atoms with Gasteiger partial charge in [0.1, 0.15) is 5.82 Å². The summed E-state index contributed by atoms with van der Waals surface area (Å²) in [5.41, 5.74) is 7.33. The SMILES string of the molecule is NCc1cccc2nnc(CCO)n12. The second-order valence-corrected chi connectivity index (χ2v) is 3.00. The van der Waals surface area contributed by atoms with Gasteiger partial charge in [0, 0.05) is 18.7 Å². The van der Waals surface area contributed by atoms with Gasteiger partial charge in [-0.05, 0) is 12.1 Å². The molecule has 14 heavy (non-hydrogen) atoms. The Balaban J connectivity index is 2.62. The normalized spacial score (nSPS) is 11.0. The van der Waals surface area contributed by atoms with Crippen LogP contribution in [0.3, 0.4) is 0 Å². The van der Waals surface area contributed by atoms with E-state index in [4.69, 9.17) is 10.8 Å². The van der Waals surface area contributed by atoms with Crippen molar-refractivity contribution in [2.75, 3.05) is 6.61 Å². The molecule has 0 unspecified atom stereocenters. The smallest absolute Gasteiger partial charge is 0.161 e. The van der Waals surface area contributed by atoms with Crippen molar-refractivity contribution in [1.29, 1.82) is 0 Å². The molecule has 0 amide bonds. The van der Waals surface area contributed by atoms with Crippen LogP contribution in [0.1, 0.15) is 11.5 Å². The average Bonchev–Trinajstić information content (AvgIpc) is 2.62. The lowest BCUT2D eigenvalue weighted by Gasteiger charge is -2.03. The van der Waals surface area contributed by atoms with Gasteiger partial charge in [-0.2, -0.15) is 0 Å². The summed E-state index contributed by atoms with van der Waals surface area (Å²) in [6.07, 6.45) is 0.498. The highest BCUT2D eigenvalue weighted by molar-refractivity contribution is 5.39. The molecule has 0 aromatic carbocycles. The minimum Gasteiger partial charge on any atom is -0.396 e. The molecule has 0 saturated heterocycles. The summed E-state index contributed by atoms with van der Waals surface area (Å²) in [6.45, 7) is 0.507. The number of hydrogen-bond acceptors (Lipinski definition) is 4. The molecule has 0 aliphatic heterocycles. The standard InChI is InChI=1S/C9H12N4O/c10-6-7-2-1-3-8-11-12-9(4-5-14)13(7)8/h1-3,14H,4-6,10H2. The van der Waals surface area contributed by atoms with Crippen LogP contribution in [-0.2, 0) is 13.0 Å². The zero-order valence-electron chi connectivity index (χ0n) is 7.72. The van der Waals surface area contributed by atoms with Crippen LogP contribution >= 0.6 is 0 Å². The molecule has 74 valence electrons. The van der Waals surface area contributed by atoms with E-state index >= 15 is 0 Å². The van der Waals surface area contributed by atoms with E-state index in [-0.39, 0.29) is 6.61 Å². The van der Waals surface area contributed by atoms with E-state index in [1.807, 2.05) is 22.6 Å². The summed E-state index contributed by atoms with van der Waals surface area (Å²) in [7, 11) is 0. The third-order valence-electron chi connectivity index (χ3n) is 2.12. The van der Waals surface area contributed by atoms with Crippen molar-refractivity contribution in [3.8, 4) is 0 Å². The molecule has 0 spiro atoms. The molecule has 2 aromatic rings. The molecule has 0 bridgehead atoms. The van der Waals surface area contributed by atoms with Gasteiger partial charge in [0.15, 0.2) is 5.65 Å². The molecule has 0 aliphatic carbocycles. The van der Waals surface area contributed by atoms with Gasteiger partial charge in [0.05, 0.1) is 6.61 Å². The molecule has 2 heterocycles. The average molecular weight is 192 g/mol. The zero-order chi connectivity index (χ0) is 9.97. The van der Waals surface area contributed by atoms with Crippen LogP contribution < -0.4 is 5.73 Å². The lowest BCUT2D eigenvalue weighted by atomic mass is 10.3. The van der Waals surface area contributed by atoms with Gasteiger partial charge < -0.3 is 10.8 Å². The molecule has 0 aliphatic rings. The van der Waals surface area contributed by atoms with Crippen LogP contribution in [-0.4, -0.2) is 26.3 Å². The number of rotatable bonds is 3.